The molecule has 0 saturated heterocycles. The van der Waals surface area contributed by atoms with E-state index in [0.717, 1.165) is 22.3 Å². The van der Waals surface area contributed by atoms with Crippen LogP contribution >= 0.6 is 15.9 Å². The number of hydrogen-bond donors (Lipinski definition) is 2. The van der Waals surface area contributed by atoms with Gasteiger partial charge in [-0.25, -0.2) is 0 Å². The molecule has 0 atom stereocenters. The lowest BCUT2D eigenvalue weighted by atomic mass is 10.1. The minimum Gasteiger partial charge on any atom is -0.395 e. The molecule has 0 spiro atoms. The molecular weight excluding hydrogens is 316 g/mol. The SMILES string of the molecule is NCc1c(Br)cccc1N(CCO)Cc1ccccc1. The molecule has 2 aromatic rings. The maximum Gasteiger partial charge on any atom is 0.0606 e. The van der Waals surface area contributed by atoms with E-state index in [-0.39, 0.29) is 6.61 Å². The van der Waals surface area contributed by atoms with Crippen molar-refractivity contribution in [2.45, 2.75) is 13.1 Å². The average Bonchev–Trinajstić information content (AvgIpc) is 2.47. The van der Waals surface area contributed by atoms with E-state index in [0.29, 0.717) is 13.1 Å². The Morgan fingerprint density at radius 3 is 2.45 bits per heavy atom. The molecule has 0 aliphatic heterocycles. The number of halogens is 1. The first-order valence-corrected chi connectivity index (χ1v) is 7.42. The van der Waals surface area contributed by atoms with Gasteiger partial charge < -0.3 is 15.7 Å². The Hall–Kier alpha value is -1.36. The normalized spacial score (nSPS) is 10.6. The third-order valence-corrected chi connectivity index (χ3v) is 3.97. The van der Waals surface area contributed by atoms with Gasteiger partial charge in [0.15, 0.2) is 0 Å². The molecule has 4 heteroatoms. The number of benzene rings is 2. The van der Waals surface area contributed by atoms with Crippen LogP contribution in [-0.2, 0) is 13.1 Å². The maximum absolute atomic E-state index is 9.32. The Morgan fingerprint density at radius 2 is 1.80 bits per heavy atom. The van der Waals surface area contributed by atoms with Gasteiger partial charge in [-0.05, 0) is 17.7 Å². The lowest BCUT2D eigenvalue weighted by Crippen LogP contribution is -2.27. The summed E-state index contributed by atoms with van der Waals surface area (Å²) >= 11 is 3.54. The summed E-state index contributed by atoms with van der Waals surface area (Å²) in [5, 5.41) is 9.32. The molecule has 3 nitrogen and oxygen atoms in total. The minimum atomic E-state index is 0.114. The fourth-order valence-electron chi connectivity index (χ4n) is 2.25. The zero-order chi connectivity index (χ0) is 14.4. The van der Waals surface area contributed by atoms with Crippen LogP contribution < -0.4 is 10.6 Å². The lowest BCUT2D eigenvalue weighted by molar-refractivity contribution is 0.301. The summed E-state index contributed by atoms with van der Waals surface area (Å²) in [4.78, 5) is 2.16. The van der Waals surface area contributed by atoms with Crippen molar-refractivity contribution >= 4 is 21.6 Å². The molecule has 0 aliphatic carbocycles. The van der Waals surface area contributed by atoms with E-state index in [2.05, 4.69) is 33.0 Å². The van der Waals surface area contributed by atoms with Crippen LogP contribution in [0.15, 0.2) is 53.0 Å². The van der Waals surface area contributed by atoms with Gasteiger partial charge in [-0.1, -0.05) is 52.3 Å². The highest BCUT2D eigenvalue weighted by molar-refractivity contribution is 9.10. The molecule has 0 heterocycles. The summed E-state index contributed by atoms with van der Waals surface area (Å²) in [5.41, 5.74) is 9.21. The van der Waals surface area contributed by atoms with Crippen LogP contribution in [-0.4, -0.2) is 18.3 Å². The fourth-order valence-corrected chi connectivity index (χ4v) is 2.77. The molecule has 0 radical (unpaired) electrons. The molecule has 0 bridgehead atoms. The molecule has 0 fully saturated rings. The number of hydrogen-bond acceptors (Lipinski definition) is 3. The molecule has 0 saturated carbocycles. The Morgan fingerprint density at radius 1 is 1.05 bits per heavy atom. The van der Waals surface area contributed by atoms with E-state index >= 15 is 0 Å². The molecule has 2 rings (SSSR count). The number of aliphatic hydroxyl groups is 1. The molecular formula is C16H19BrN2O. The molecule has 3 N–H and O–H groups in total. The summed E-state index contributed by atoms with van der Waals surface area (Å²) in [5.74, 6) is 0. The third kappa shape index (κ3) is 3.60. The van der Waals surface area contributed by atoms with Gasteiger partial charge in [0.1, 0.15) is 0 Å². The summed E-state index contributed by atoms with van der Waals surface area (Å²) in [6.45, 7) is 1.92. The summed E-state index contributed by atoms with van der Waals surface area (Å²) in [6, 6.07) is 16.3. The predicted molar refractivity (Wildman–Crippen MR) is 86.6 cm³/mol. The van der Waals surface area contributed by atoms with Gasteiger partial charge in [-0.2, -0.15) is 0 Å². The van der Waals surface area contributed by atoms with Crippen LogP contribution in [0.1, 0.15) is 11.1 Å². The number of aliphatic hydroxyl groups excluding tert-OH is 1. The number of nitrogens with two attached hydrogens (primary N) is 1. The predicted octanol–water partition coefficient (Wildman–Crippen LogP) is 2.91. The van der Waals surface area contributed by atoms with Crippen LogP contribution in [0.4, 0.5) is 5.69 Å². The van der Waals surface area contributed by atoms with Crippen molar-refractivity contribution in [1.82, 2.24) is 0 Å². The molecule has 0 amide bonds. The Balaban J connectivity index is 2.31. The van der Waals surface area contributed by atoms with E-state index in [9.17, 15) is 5.11 Å². The smallest absolute Gasteiger partial charge is 0.0606 e. The molecule has 2 aromatic carbocycles. The topological polar surface area (TPSA) is 49.5 Å². The van der Waals surface area contributed by atoms with Gasteiger partial charge in [0.25, 0.3) is 0 Å². The second-order valence-electron chi connectivity index (χ2n) is 4.57. The quantitative estimate of drug-likeness (QED) is 0.853. The number of rotatable bonds is 6. The Bertz CT molecular complexity index is 545. The van der Waals surface area contributed by atoms with Crippen molar-refractivity contribution in [3.63, 3.8) is 0 Å². The third-order valence-electron chi connectivity index (χ3n) is 3.23. The summed E-state index contributed by atoms with van der Waals surface area (Å²) in [7, 11) is 0. The van der Waals surface area contributed by atoms with Crippen molar-refractivity contribution in [2.24, 2.45) is 5.73 Å². The zero-order valence-electron chi connectivity index (χ0n) is 11.3. The first-order valence-electron chi connectivity index (χ1n) is 6.63. The van der Waals surface area contributed by atoms with Gasteiger partial charge in [-0.15, -0.1) is 0 Å². The highest BCUT2D eigenvalue weighted by atomic mass is 79.9. The first-order chi connectivity index (χ1) is 9.76. The Kier molecular flexibility index (Phi) is 5.59. The van der Waals surface area contributed by atoms with E-state index in [1.54, 1.807) is 0 Å². The molecule has 106 valence electrons. The number of anilines is 1. The second kappa shape index (κ2) is 7.43. The second-order valence-corrected chi connectivity index (χ2v) is 5.43. The van der Waals surface area contributed by atoms with E-state index < -0.39 is 0 Å². The van der Waals surface area contributed by atoms with Crippen molar-refractivity contribution in [1.29, 1.82) is 0 Å². The highest BCUT2D eigenvalue weighted by Crippen LogP contribution is 2.28. The van der Waals surface area contributed by atoms with Crippen LogP contribution in [0.25, 0.3) is 0 Å². The van der Waals surface area contributed by atoms with Crippen LogP contribution in [0.2, 0.25) is 0 Å². The lowest BCUT2D eigenvalue weighted by Gasteiger charge is -2.27. The van der Waals surface area contributed by atoms with Gasteiger partial charge in [0.05, 0.1) is 6.61 Å². The highest BCUT2D eigenvalue weighted by Gasteiger charge is 2.12. The van der Waals surface area contributed by atoms with Gasteiger partial charge in [0.2, 0.25) is 0 Å². The van der Waals surface area contributed by atoms with E-state index in [4.69, 9.17) is 5.73 Å². The fraction of sp³-hybridized carbons (Fsp3) is 0.250. The van der Waals surface area contributed by atoms with Crippen molar-refractivity contribution < 1.29 is 5.11 Å². The molecule has 20 heavy (non-hydrogen) atoms. The number of nitrogens with zero attached hydrogens (tertiary/aromatic N) is 1. The molecule has 0 aliphatic rings. The first kappa shape index (κ1) is 15.0. The van der Waals surface area contributed by atoms with Crippen molar-refractivity contribution in [3.8, 4) is 0 Å². The van der Waals surface area contributed by atoms with Gasteiger partial charge >= 0.3 is 0 Å². The van der Waals surface area contributed by atoms with E-state index in [1.165, 1.54) is 5.56 Å². The maximum atomic E-state index is 9.32. The standard InChI is InChI=1S/C16H19BrN2O/c17-15-7-4-8-16(14(15)11-18)19(9-10-20)12-13-5-2-1-3-6-13/h1-8,20H,9-12,18H2. The Labute approximate surface area is 128 Å². The average molecular weight is 335 g/mol. The van der Waals surface area contributed by atoms with Crippen LogP contribution in [0.3, 0.4) is 0 Å². The van der Waals surface area contributed by atoms with Crippen LogP contribution in [0, 0.1) is 0 Å². The largest absolute Gasteiger partial charge is 0.395 e. The minimum absolute atomic E-state index is 0.114. The zero-order valence-corrected chi connectivity index (χ0v) is 12.9. The van der Waals surface area contributed by atoms with Crippen molar-refractivity contribution in [3.05, 3.63) is 64.1 Å². The monoisotopic (exact) mass is 334 g/mol. The van der Waals surface area contributed by atoms with E-state index in [1.807, 2.05) is 36.4 Å². The van der Waals surface area contributed by atoms with Crippen molar-refractivity contribution in [2.75, 3.05) is 18.1 Å². The van der Waals surface area contributed by atoms with Gasteiger partial charge in [0, 0.05) is 35.4 Å². The van der Waals surface area contributed by atoms with Crippen LogP contribution in [0.5, 0.6) is 0 Å². The molecule has 0 aromatic heterocycles. The van der Waals surface area contributed by atoms with Gasteiger partial charge in [-0.3, -0.25) is 0 Å². The molecule has 0 unspecified atom stereocenters. The summed E-state index contributed by atoms with van der Waals surface area (Å²) in [6.07, 6.45) is 0. The summed E-state index contributed by atoms with van der Waals surface area (Å²) < 4.78 is 1.01.